The van der Waals surface area contributed by atoms with Gasteiger partial charge in [-0.2, -0.15) is 0 Å². The number of rotatable bonds is 5. The lowest BCUT2D eigenvalue weighted by Gasteiger charge is -2.09. The highest BCUT2D eigenvalue weighted by Gasteiger charge is 2.08. The maximum Gasteiger partial charge on any atom is 0.319 e. The molecule has 0 saturated carbocycles. The van der Waals surface area contributed by atoms with Crippen molar-refractivity contribution >= 4 is 23.3 Å². The van der Waals surface area contributed by atoms with Crippen LogP contribution in [0.5, 0.6) is 0 Å². The number of anilines is 2. The zero-order chi connectivity index (χ0) is 16.8. The summed E-state index contributed by atoms with van der Waals surface area (Å²) in [5.74, 6) is -0.287. The van der Waals surface area contributed by atoms with Gasteiger partial charge in [0.1, 0.15) is 6.26 Å². The van der Waals surface area contributed by atoms with Gasteiger partial charge in [-0.15, -0.1) is 0 Å². The molecule has 3 rings (SSSR count). The molecule has 24 heavy (non-hydrogen) atoms. The number of amides is 3. The number of hydrogen-bond acceptors (Lipinski definition) is 4. The predicted octanol–water partition coefficient (Wildman–Crippen LogP) is 3.45. The van der Waals surface area contributed by atoms with Crippen LogP contribution in [-0.2, 0) is 6.54 Å². The van der Waals surface area contributed by atoms with Crippen molar-refractivity contribution in [1.82, 2.24) is 5.32 Å². The summed E-state index contributed by atoms with van der Waals surface area (Å²) in [5, 5.41) is 8.14. The second kappa shape index (κ2) is 7.19. The molecule has 0 fully saturated rings. The van der Waals surface area contributed by atoms with Crippen molar-refractivity contribution in [3.05, 3.63) is 72.6 Å². The van der Waals surface area contributed by atoms with E-state index in [9.17, 15) is 9.59 Å². The molecule has 3 aromatic rings. The summed E-state index contributed by atoms with van der Waals surface area (Å²) in [7, 11) is 0. The third-order valence-electron chi connectivity index (χ3n) is 3.19. The average molecular weight is 325 g/mol. The third-order valence-corrected chi connectivity index (χ3v) is 3.19. The van der Waals surface area contributed by atoms with Crippen LogP contribution in [-0.4, -0.2) is 11.9 Å². The van der Waals surface area contributed by atoms with Gasteiger partial charge in [0.15, 0.2) is 0 Å². The molecule has 0 saturated heterocycles. The van der Waals surface area contributed by atoms with E-state index in [0.717, 1.165) is 5.56 Å². The highest BCUT2D eigenvalue weighted by atomic mass is 16.3. The highest BCUT2D eigenvalue weighted by molar-refractivity contribution is 6.04. The molecule has 7 heteroatoms. The van der Waals surface area contributed by atoms with E-state index in [4.69, 9.17) is 8.83 Å². The van der Waals surface area contributed by atoms with Gasteiger partial charge in [-0.25, -0.2) is 4.79 Å². The number of urea groups is 1. The molecule has 3 N–H and O–H groups in total. The van der Waals surface area contributed by atoms with Crippen molar-refractivity contribution in [3.63, 3.8) is 0 Å². The Labute approximate surface area is 137 Å². The average Bonchev–Trinajstić information content (AvgIpc) is 3.27. The van der Waals surface area contributed by atoms with Crippen molar-refractivity contribution in [2.45, 2.75) is 6.54 Å². The molecule has 7 nitrogen and oxygen atoms in total. The van der Waals surface area contributed by atoms with Gasteiger partial charge in [-0.1, -0.05) is 6.07 Å². The summed E-state index contributed by atoms with van der Waals surface area (Å²) in [6.45, 7) is 0.360. The predicted molar refractivity (Wildman–Crippen MR) is 87.7 cm³/mol. The van der Waals surface area contributed by atoms with Gasteiger partial charge in [-0.3, -0.25) is 4.79 Å². The van der Waals surface area contributed by atoms with E-state index in [2.05, 4.69) is 16.0 Å². The van der Waals surface area contributed by atoms with Gasteiger partial charge in [0.25, 0.3) is 5.91 Å². The Hall–Kier alpha value is -3.48. The Kier molecular flexibility index (Phi) is 4.62. The number of furan rings is 2. The summed E-state index contributed by atoms with van der Waals surface area (Å²) in [6, 6.07) is 9.84. The molecule has 2 aromatic heterocycles. The van der Waals surface area contributed by atoms with Crippen LogP contribution in [0.3, 0.4) is 0 Å². The van der Waals surface area contributed by atoms with Crippen molar-refractivity contribution in [2.24, 2.45) is 0 Å². The smallest absolute Gasteiger partial charge is 0.319 e. The lowest BCUT2D eigenvalue weighted by molar-refractivity contribution is 0.102. The van der Waals surface area contributed by atoms with Gasteiger partial charge in [0.05, 0.1) is 24.4 Å². The Balaban J connectivity index is 1.56. The van der Waals surface area contributed by atoms with Crippen molar-refractivity contribution < 1.29 is 18.4 Å². The normalized spacial score (nSPS) is 10.2. The van der Waals surface area contributed by atoms with Gasteiger partial charge >= 0.3 is 6.03 Å². The first-order valence-electron chi connectivity index (χ1n) is 7.20. The lowest BCUT2D eigenvalue weighted by atomic mass is 10.2. The van der Waals surface area contributed by atoms with Crippen LogP contribution in [0.4, 0.5) is 16.2 Å². The minimum Gasteiger partial charge on any atom is -0.472 e. The molecule has 0 spiro atoms. The molecule has 0 aliphatic carbocycles. The summed E-state index contributed by atoms with van der Waals surface area (Å²) in [6.07, 6.45) is 5.89. The number of hydrogen-bond donors (Lipinski definition) is 3. The maximum absolute atomic E-state index is 12.0. The molecule has 122 valence electrons. The van der Waals surface area contributed by atoms with Crippen LogP contribution >= 0.6 is 0 Å². The van der Waals surface area contributed by atoms with Crippen LogP contribution in [0.15, 0.2) is 70.3 Å². The van der Waals surface area contributed by atoms with Crippen molar-refractivity contribution in [3.8, 4) is 0 Å². The number of nitrogens with one attached hydrogen (secondary N) is 3. The summed E-state index contributed by atoms with van der Waals surface area (Å²) in [4.78, 5) is 23.8. The standard InChI is InChI=1S/C17H15N3O4/c21-16(13-5-7-24-11-13)19-14-2-1-3-15(8-14)20-17(22)18-9-12-4-6-23-10-12/h1-8,10-11H,9H2,(H,19,21)(H2,18,20,22). The second-order valence-corrected chi connectivity index (χ2v) is 4.99. The minimum absolute atomic E-state index is 0.287. The molecule has 0 atom stereocenters. The monoisotopic (exact) mass is 325 g/mol. The number of carbonyl (C=O) groups excluding carboxylic acids is 2. The minimum atomic E-state index is -0.352. The van der Waals surface area contributed by atoms with E-state index in [1.807, 2.05) is 0 Å². The third kappa shape index (κ3) is 4.04. The van der Waals surface area contributed by atoms with Crippen molar-refractivity contribution in [2.75, 3.05) is 10.6 Å². The van der Waals surface area contributed by atoms with E-state index in [0.29, 0.717) is 23.5 Å². The van der Waals surface area contributed by atoms with E-state index < -0.39 is 0 Å². The topological polar surface area (TPSA) is 96.5 Å². The molecule has 0 aliphatic heterocycles. The highest BCUT2D eigenvalue weighted by Crippen LogP contribution is 2.16. The Bertz CT molecular complexity index is 810. The van der Waals surface area contributed by atoms with Crippen LogP contribution in [0.2, 0.25) is 0 Å². The van der Waals surface area contributed by atoms with Crippen LogP contribution < -0.4 is 16.0 Å². The summed E-state index contributed by atoms with van der Waals surface area (Å²) < 4.78 is 9.80. The summed E-state index contributed by atoms with van der Waals surface area (Å²) in [5.41, 5.74) is 2.41. The summed E-state index contributed by atoms with van der Waals surface area (Å²) >= 11 is 0. The van der Waals surface area contributed by atoms with Gasteiger partial charge in [-0.05, 0) is 30.3 Å². The lowest BCUT2D eigenvalue weighted by Crippen LogP contribution is -2.28. The molecule has 0 bridgehead atoms. The molecule has 3 amide bonds. The molecule has 0 unspecified atom stereocenters. The molecule has 0 radical (unpaired) electrons. The van der Waals surface area contributed by atoms with Crippen LogP contribution in [0, 0.1) is 0 Å². The van der Waals surface area contributed by atoms with Gasteiger partial charge < -0.3 is 24.8 Å². The van der Waals surface area contributed by atoms with E-state index >= 15 is 0 Å². The Morgan fingerprint density at radius 1 is 0.917 bits per heavy atom. The van der Waals surface area contributed by atoms with E-state index in [1.165, 1.54) is 12.5 Å². The molecular weight excluding hydrogens is 310 g/mol. The first-order valence-corrected chi connectivity index (χ1v) is 7.20. The van der Waals surface area contributed by atoms with Crippen LogP contribution in [0.25, 0.3) is 0 Å². The zero-order valence-corrected chi connectivity index (χ0v) is 12.6. The zero-order valence-electron chi connectivity index (χ0n) is 12.6. The van der Waals surface area contributed by atoms with Gasteiger partial charge in [0, 0.05) is 23.5 Å². The fraction of sp³-hybridized carbons (Fsp3) is 0.0588. The van der Waals surface area contributed by atoms with Crippen LogP contribution in [0.1, 0.15) is 15.9 Å². The number of carbonyl (C=O) groups is 2. The van der Waals surface area contributed by atoms with E-state index in [-0.39, 0.29) is 11.9 Å². The van der Waals surface area contributed by atoms with E-state index in [1.54, 1.807) is 48.9 Å². The molecular formula is C17H15N3O4. The van der Waals surface area contributed by atoms with Crippen molar-refractivity contribution in [1.29, 1.82) is 0 Å². The molecule has 0 aliphatic rings. The first-order chi connectivity index (χ1) is 11.7. The Morgan fingerprint density at radius 3 is 2.38 bits per heavy atom. The van der Waals surface area contributed by atoms with Gasteiger partial charge in [0.2, 0.25) is 0 Å². The quantitative estimate of drug-likeness (QED) is 0.669. The SMILES string of the molecule is O=C(NCc1ccoc1)Nc1cccc(NC(=O)c2ccoc2)c1. The molecule has 2 heterocycles. The molecule has 1 aromatic carbocycles. The maximum atomic E-state index is 12.0. The first kappa shape index (κ1) is 15.4. The largest absolute Gasteiger partial charge is 0.472 e. The fourth-order valence-electron chi connectivity index (χ4n) is 2.02. The Morgan fingerprint density at radius 2 is 1.67 bits per heavy atom. The number of benzene rings is 1. The second-order valence-electron chi connectivity index (χ2n) is 4.99. The fourth-order valence-corrected chi connectivity index (χ4v) is 2.02.